The monoisotopic (exact) mass is 284 g/mol. The van der Waals surface area contributed by atoms with Gasteiger partial charge in [-0.15, -0.1) is 0 Å². The Labute approximate surface area is 114 Å². The van der Waals surface area contributed by atoms with E-state index in [9.17, 15) is 20.0 Å². The molecule has 0 spiro atoms. The maximum Gasteiger partial charge on any atom is 0.324 e. The fourth-order valence-corrected chi connectivity index (χ4v) is 3.13. The van der Waals surface area contributed by atoms with Gasteiger partial charge in [-0.25, -0.2) is 0 Å². The molecule has 0 aromatic carbocycles. The minimum Gasteiger partial charge on any atom is -0.396 e. The van der Waals surface area contributed by atoms with E-state index in [1.165, 1.54) is 12.1 Å². The van der Waals surface area contributed by atoms with Gasteiger partial charge in [0.05, 0.1) is 9.80 Å². The Bertz CT molecular complexity index is 474. The van der Waals surface area contributed by atoms with Crippen molar-refractivity contribution in [1.29, 1.82) is 0 Å². The van der Waals surface area contributed by atoms with E-state index in [-0.39, 0.29) is 29.5 Å². The number of hydrogen-bond acceptors (Lipinski definition) is 5. The number of aliphatic hydroxyl groups is 1. The Balaban J connectivity index is 2.01. The second-order valence-corrected chi connectivity index (χ2v) is 5.76. The Hall–Kier alpha value is -1.47. The molecule has 2 atom stereocenters. The third kappa shape index (κ3) is 3.30. The van der Waals surface area contributed by atoms with Crippen molar-refractivity contribution in [2.75, 3.05) is 6.61 Å². The largest absolute Gasteiger partial charge is 0.396 e. The van der Waals surface area contributed by atoms with Crippen LogP contribution < -0.4 is 5.32 Å². The zero-order chi connectivity index (χ0) is 13.8. The molecule has 19 heavy (non-hydrogen) atoms. The van der Waals surface area contributed by atoms with Crippen molar-refractivity contribution in [3.8, 4) is 0 Å². The second-order valence-electron chi connectivity index (χ2n) is 4.70. The van der Waals surface area contributed by atoms with E-state index >= 15 is 0 Å². The zero-order valence-electron chi connectivity index (χ0n) is 10.4. The van der Waals surface area contributed by atoms with E-state index in [2.05, 4.69) is 5.32 Å². The van der Waals surface area contributed by atoms with Crippen LogP contribution in [0.2, 0.25) is 0 Å². The molecule has 1 heterocycles. The van der Waals surface area contributed by atoms with E-state index in [1.54, 1.807) is 0 Å². The van der Waals surface area contributed by atoms with Gasteiger partial charge in [-0.1, -0.05) is 24.2 Å². The number of nitrogens with zero attached hydrogens (tertiary/aromatic N) is 1. The molecule has 7 heteroatoms. The third-order valence-electron chi connectivity index (χ3n) is 3.46. The molecule has 1 aliphatic rings. The maximum absolute atomic E-state index is 12.0. The Morgan fingerprint density at radius 3 is 2.84 bits per heavy atom. The Morgan fingerprint density at radius 1 is 1.47 bits per heavy atom. The van der Waals surface area contributed by atoms with Gasteiger partial charge in [-0.3, -0.25) is 14.9 Å². The summed E-state index contributed by atoms with van der Waals surface area (Å²) in [7, 11) is 0. The van der Waals surface area contributed by atoms with Crippen LogP contribution in [0.4, 0.5) is 5.00 Å². The van der Waals surface area contributed by atoms with Gasteiger partial charge < -0.3 is 10.4 Å². The summed E-state index contributed by atoms with van der Waals surface area (Å²) in [5.74, 6) is -0.198. The number of thiophene rings is 1. The SMILES string of the molecule is O=C(NC1CCCCC1CO)c1ccc([N+](=O)[O-])s1. The van der Waals surface area contributed by atoms with E-state index in [1.807, 2.05) is 0 Å². The molecule has 0 radical (unpaired) electrons. The fourth-order valence-electron chi connectivity index (χ4n) is 2.40. The van der Waals surface area contributed by atoms with Crippen molar-refractivity contribution >= 4 is 22.2 Å². The molecule has 104 valence electrons. The molecule has 6 nitrogen and oxygen atoms in total. The Kier molecular flexibility index (Phi) is 4.49. The highest BCUT2D eigenvalue weighted by Gasteiger charge is 2.27. The summed E-state index contributed by atoms with van der Waals surface area (Å²) in [4.78, 5) is 22.4. The summed E-state index contributed by atoms with van der Waals surface area (Å²) >= 11 is 0.873. The predicted octanol–water partition coefficient (Wildman–Crippen LogP) is 1.94. The van der Waals surface area contributed by atoms with Gasteiger partial charge in [0, 0.05) is 24.6 Å². The van der Waals surface area contributed by atoms with Crippen molar-refractivity contribution in [2.45, 2.75) is 31.7 Å². The van der Waals surface area contributed by atoms with Gasteiger partial charge in [0.25, 0.3) is 5.91 Å². The number of hydrogen-bond donors (Lipinski definition) is 2. The van der Waals surface area contributed by atoms with Crippen molar-refractivity contribution < 1.29 is 14.8 Å². The maximum atomic E-state index is 12.0. The first-order chi connectivity index (χ1) is 9.11. The van der Waals surface area contributed by atoms with E-state index in [4.69, 9.17) is 0 Å². The molecule has 2 N–H and O–H groups in total. The van der Waals surface area contributed by atoms with Crippen LogP contribution in [0.15, 0.2) is 12.1 Å². The van der Waals surface area contributed by atoms with Crippen LogP contribution in [0.3, 0.4) is 0 Å². The second kappa shape index (κ2) is 6.12. The highest BCUT2D eigenvalue weighted by molar-refractivity contribution is 7.17. The minimum absolute atomic E-state index is 0.0347. The van der Waals surface area contributed by atoms with Crippen LogP contribution in [-0.2, 0) is 0 Å². The molecule has 0 aliphatic heterocycles. The van der Waals surface area contributed by atoms with Gasteiger partial charge in [-0.2, -0.15) is 0 Å². The van der Waals surface area contributed by atoms with Gasteiger partial charge in [0.15, 0.2) is 0 Å². The quantitative estimate of drug-likeness (QED) is 0.652. The first-order valence-corrected chi connectivity index (χ1v) is 7.09. The molecule has 1 aromatic rings. The standard InChI is InChI=1S/C12H16N2O4S/c15-7-8-3-1-2-4-9(8)13-12(16)10-5-6-11(19-10)14(17)18/h5-6,8-9,15H,1-4,7H2,(H,13,16). The summed E-state index contributed by atoms with van der Waals surface area (Å²) in [6, 6.07) is 2.77. The van der Waals surface area contributed by atoms with Gasteiger partial charge in [-0.05, 0) is 18.9 Å². The van der Waals surface area contributed by atoms with Gasteiger partial charge >= 0.3 is 5.00 Å². The van der Waals surface area contributed by atoms with Crippen LogP contribution >= 0.6 is 11.3 Å². The van der Waals surface area contributed by atoms with E-state index in [0.717, 1.165) is 37.0 Å². The van der Waals surface area contributed by atoms with E-state index < -0.39 is 4.92 Å². The highest BCUT2D eigenvalue weighted by atomic mass is 32.1. The predicted molar refractivity (Wildman–Crippen MR) is 71.3 cm³/mol. The summed E-state index contributed by atoms with van der Waals surface area (Å²) in [6.45, 7) is 0.0650. The smallest absolute Gasteiger partial charge is 0.324 e. The minimum atomic E-state index is -0.501. The summed E-state index contributed by atoms with van der Waals surface area (Å²) in [5.41, 5.74) is 0. The summed E-state index contributed by atoms with van der Waals surface area (Å²) < 4.78 is 0. The molecular formula is C12H16N2O4S. The number of rotatable bonds is 4. The first kappa shape index (κ1) is 14.0. The number of amides is 1. The molecule has 1 aromatic heterocycles. The number of aliphatic hydroxyl groups excluding tert-OH is 1. The molecule has 2 unspecified atom stereocenters. The normalized spacial score (nSPS) is 23.0. The number of carbonyl (C=O) groups excluding carboxylic acids is 1. The molecule has 0 saturated heterocycles. The van der Waals surface area contributed by atoms with Gasteiger partial charge in [0.2, 0.25) is 0 Å². The lowest BCUT2D eigenvalue weighted by Gasteiger charge is -2.30. The first-order valence-electron chi connectivity index (χ1n) is 6.27. The molecule has 1 amide bonds. The van der Waals surface area contributed by atoms with Crippen molar-refractivity contribution in [2.24, 2.45) is 5.92 Å². The molecule has 2 rings (SSSR count). The average Bonchev–Trinajstić information content (AvgIpc) is 2.89. The Morgan fingerprint density at radius 2 is 2.21 bits per heavy atom. The lowest BCUT2D eigenvalue weighted by atomic mass is 9.85. The molecule has 1 saturated carbocycles. The summed E-state index contributed by atoms with van der Waals surface area (Å²) in [6.07, 6.45) is 3.87. The van der Waals surface area contributed by atoms with E-state index in [0.29, 0.717) is 4.88 Å². The third-order valence-corrected chi connectivity index (χ3v) is 4.49. The fraction of sp³-hybridized carbons (Fsp3) is 0.583. The van der Waals surface area contributed by atoms with Crippen molar-refractivity contribution in [3.05, 3.63) is 27.1 Å². The molecule has 1 fully saturated rings. The zero-order valence-corrected chi connectivity index (χ0v) is 11.2. The topological polar surface area (TPSA) is 92.5 Å². The number of nitrogens with one attached hydrogen (secondary N) is 1. The highest BCUT2D eigenvalue weighted by Crippen LogP contribution is 2.26. The number of carbonyl (C=O) groups is 1. The lowest BCUT2D eigenvalue weighted by Crippen LogP contribution is -2.43. The molecule has 1 aliphatic carbocycles. The van der Waals surface area contributed by atoms with Crippen LogP contribution in [0.1, 0.15) is 35.4 Å². The van der Waals surface area contributed by atoms with Crippen molar-refractivity contribution in [3.63, 3.8) is 0 Å². The molecular weight excluding hydrogens is 268 g/mol. The van der Waals surface area contributed by atoms with Crippen LogP contribution in [0.25, 0.3) is 0 Å². The lowest BCUT2D eigenvalue weighted by molar-refractivity contribution is -0.380. The number of nitro groups is 1. The van der Waals surface area contributed by atoms with Crippen molar-refractivity contribution in [1.82, 2.24) is 5.32 Å². The van der Waals surface area contributed by atoms with Crippen LogP contribution in [0, 0.1) is 16.0 Å². The summed E-state index contributed by atoms with van der Waals surface area (Å²) in [5, 5.41) is 22.7. The van der Waals surface area contributed by atoms with Crippen LogP contribution in [0.5, 0.6) is 0 Å². The van der Waals surface area contributed by atoms with Gasteiger partial charge in [0.1, 0.15) is 0 Å². The van der Waals surface area contributed by atoms with Crippen LogP contribution in [-0.4, -0.2) is 28.6 Å². The average molecular weight is 284 g/mol. The molecule has 0 bridgehead atoms.